The van der Waals surface area contributed by atoms with Gasteiger partial charge in [-0.15, -0.1) is 11.3 Å². The Kier molecular flexibility index (Phi) is 5.25. The van der Waals surface area contributed by atoms with Gasteiger partial charge in [0.2, 0.25) is 0 Å². The molecule has 1 aliphatic rings. The molecule has 1 saturated carbocycles. The van der Waals surface area contributed by atoms with E-state index in [4.69, 9.17) is 4.74 Å². The summed E-state index contributed by atoms with van der Waals surface area (Å²) in [6, 6.07) is 8.53. The number of aromatic nitrogens is 1. The molecule has 126 valence electrons. The summed E-state index contributed by atoms with van der Waals surface area (Å²) in [5, 5.41) is 5.52. The van der Waals surface area contributed by atoms with Gasteiger partial charge >= 0.3 is 5.97 Å². The average Bonchev–Trinajstić information content (AvgIpc) is 3.28. The SMILES string of the molecule is CCc1ccc(-c2nc(CC(=O)OCC(=O)NC3CC3)cs2)cc1. The lowest BCUT2D eigenvalue weighted by Gasteiger charge is -2.04. The lowest BCUT2D eigenvalue weighted by atomic mass is 10.1. The Morgan fingerprint density at radius 2 is 2.04 bits per heavy atom. The molecule has 0 aliphatic heterocycles. The minimum Gasteiger partial charge on any atom is -0.455 e. The van der Waals surface area contributed by atoms with Gasteiger partial charge in [-0.1, -0.05) is 31.2 Å². The second-order valence-electron chi connectivity index (χ2n) is 5.87. The predicted octanol–water partition coefficient (Wildman–Crippen LogP) is 2.74. The Hall–Kier alpha value is -2.21. The fourth-order valence-corrected chi connectivity index (χ4v) is 3.07. The maximum absolute atomic E-state index is 11.8. The van der Waals surface area contributed by atoms with Gasteiger partial charge in [0, 0.05) is 17.0 Å². The first-order chi connectivity index (χ1) is 11.6. The molecule has 0 spiro atoms. The highest BCUT2D eigenvalue weighted by atomic mass is 32.1. The molecule has 0 unspecified atom stereocenters. The fourth-order valence-electron chi connectivity index (χ4n) is 2.25. The number of esters is 1. The summed E-state index contributed by atoms with van der Waals surface area (Å²) in [4.78, 5) is 27.8. The van der Waals surface area contributed by atoms with Crippen molar-refractivity contribution in [2.75, 3.05) is 6.61 Å². The van der Waals surface area contributed by atoms with E-state index in [0.29, 0.717) is 5.69 Å². The number of rotatable bonds is 7. The number of carbonyl (C=O) groups excluding carboxylic acids is 2. The largest absolute Gasteiger partial charge is 0.455 e. The van der Waals surface area contributed by atoms with Crippen molar-refractivity contribution in [3.63, 3.8) is 0 Å². The molecule has 1 aliphatic carbocycles. The van der Waals surface area contributed by atoms with E-state index >= 15 is 0 Å². The molecule has 1 aromatic heterocycles. The number of hydrogen-bond donors (Lipinski definition) is 1. The molecule has 0 bridgehead atoms. The van der Waals surface area contributed by atoms with Crippen LogP contribution < -0.4 is 5.32 Å². The Morgan fingerprint density at radius 1 is 1.29 bits per heavy atom. The van der Waals surface area contributed by atoms with Crippen molar-refractivity contribution in [3.8, 4) is 10.6 Å². The van der Waals surface area contributed by atoms with Gasteiger partial charge in [-0.25, -0.2) is 4.98 Å². The third kappa shape index (κ3) is 4.64. The molecular formula is C18H20N2O3S. The second kappa shape index (κ2) is 7.57. The van der Waals surface area contributed by atoms with Crippen LogP contribution in [0.4, 0.5) is 0 Å². The summed E-state index contributed by atoms with van der Waals surface area (Å²) < 4.78 is 5.00. The first kappa shape index (κ1) is 16.6. The highest BCUT2D eigenvalue weighted by Gasteiger charge is 2.23. The number of carbonyl (C=O) groups is 2. The lowest BCUT2D eigenvalue weighted by Crippen LogP contribution is -2.30. The van der Waals surface area contributed by atoms with Crippen molar-refractivity contribution in [2.45, 2.75) is 38.6 Å². The van der Waals surface area contributed by atoms with Crippen LogP contribution in [-0.4, -0.2) is 29.5 Å². The van der Waals surface area contributed by atoms with Crippen molar-refractivity contribution < 1.29 is 14.3 Å². The van der Waals surface area contributed by atoms with Crippen LogP contribution >= 0.6 is 11.3 Å². The molecular weight excluding hydrogens is 324 g/mol. The summed E-state index contributed by atoms with van der Waals surface area (Å²) in [5.74, 6) is -0.667. The summed E-state index contributed by atoms with van der Waals surface area (Å²) in [6.45, 7) is 1.90. The number of nitrogens with zero attached hydrogens (tertiary/aromatic N) is 1. The first-order valence-corrected chi connectivity index (χ1v) is 9.00. The van der Waals surface area contributed by atoms with Crippen LogP contribution in [0.2, 0.25) is 0 Å². The van der Waals surface area contributed by atoms with Gasteiger partial charge in [0.05, 0.1) is 12.1 Å². The molecule has 5 nitrogen and oxygen atoms in total. The molecule has 3 rings (SSSR count). The average molecular weight is 344 g/mol. The number of benzene rings is 1. The predicted molar refractivity (Wildman–Crippen MR) is 92.8 cm³/mol. The quantitative estimate of drug-likeness (QED) is 0.784. The topological polar surface area (TPSA) is 68.3 Å². The first-order valence-electron chi connectivity index (χ1n) is 8.12. The minimum absolute atomic E-state index is 0.0836. The van der Waals surface area contributed by atoms with Crippen molar-refractivity contribution in [1.29, 1.82) is 0 Å². The van der Waals surface area contributed by atoms with E-state index in [-0.39, 0.29) is 25.0 Å². The number of thiazole rings is 1. The molecule has 2 aromatic rings. The van der Waals surface area contributed by atoms with Gasteiger partial charge < -0.3 is 10.1 Å². The van der Waals surface area contributed by atoms with E-state index in [1.807, 2.05) is 17.5 Å². The minimum atomic E-state index is -0.431. The van der Waals surface area contributed by atoms with Crippen molar-refractivity contribution >= 4 is 23.2 Å². The van der Waals surface area contributed by atoms with Crippen LogP contribution in [-0.2, 0) is 27.2 Å². The van der Waals surface area contributed by atoms with Crippen molar-refractivity contribution in [2.24, 2.45) is 0 Å². The Balaban J connectivity index is 1.50. The third-order valence-corrected chi connectivity index (χ3v) is 4.73. The zero-order chi connectivity index (χ0) is 16.9. The molecule has 0 radical (unpaired) electrons. The Morgan fingerprint density at radius 3 is 2.71 bits per heavy atom. The van der Waals surface area contributed by atoms with Gasteiger partial charge in [-0.3, -0.25) is 9.59 Å². The van der Waals surface area contributed by atoms with Gasteiger partial charge in [0.15, 0.2) is 6.61 Å². The molecule has 0 atom stereocenters. The van der Waals surface area contributed by atoms with E-state index < -0.39 is 5.97 Å². The molecule has 24 heavy (non-hydrogen) atoms. The van der Waals surface area contributed by atoms with E-state index in [0.717, 1.165) is 29.8 Å². The second-order valence-corrected chi connectivity index (χ2v) is 6.73. The van der Waals surface area contributed by atoms with Crippen LogP contribution in [0, 0.1) is 0 Å². The van der Waals surface area contributed by atoms with Crippen molar-refractivity contribution in [1.82, 2.24) is 10.3 Å². The maximum atomic E-state index is 11.8. The smallest absolute Gasteiger partial charge is 0.312 e. The highest BCUT2D eigenvalue weighted by Crippen LogP contribution is 2.24. The normalized spacial score (nSPS) is 13.5. The molecule has 1 aromatic carbocycles. The Labute approximate surface area is 145 Å². The number of nitrogens with one attached hydrogen (secondary N) is 1. The summed E-state index contributed by atoms with van der Waals surface area (Å²) in [6.07, 6.45) is 3.12. The van der Waals surface area contributed by atoms with E-state index in [9.17, 15) is 9.59 Å². The van der Waals surface area contributed by atoms with Gasteiger partial charge in [-0.2, -0.15) is 0 Å². The molecule has 1 N–H and O–H groups in total. The van der Waals surface area contributed by atoms with E-state index in [1.165, 1.54) is 16.9 Å². The number of hydrogen-bond acceptors (Lipinski definition) is 5. The zero-order valence-corrected chi connectivity index (χ0v) is 14.4. The van der Waals surface area contributed by atoms with Gasteiger partial charge in [-0.05, 0) is 24.8 Å². The van der Waals surface area contributed by atoms with Crippen molar-refractivity contribution in [3.05, 3.63) is 40.9 Å². The number of aryl methyl sites for hydroxylation is 1. The monoisotopic (exact) mass is 344 g/mol. The molecule has 1 amide bonds. The molecule has 1 heterocycles. The van der Waals surface area contributed by atoms with Crippen LogP contribution in [0.5, 0.6) is 0 Å². The summed E-state index contributed by atoms with van der Waals surface area (Å²) >= 11 is 1.50. The number of ether oxygens (including phenoxy) is 1. The van der Waals surface area contributed by atoms with Crippen LogP contribution in [0.3, 0.4) is 0 Å². The highest BCUT2D eigenvalue weighted by molar-refractivity contribution is 7.13. The van der Waals surface area contributed by atoms with Crippen LogP contribution in [0.25, 0.3) is 10.6 Å². The summed E-state index contributed by atoms with van der Waals surface area (Å²) in [7, 11) is 0. The Bertz CT molecular complexity index is 720. The zero-order valence-electron chi connectivity index (χ0n) is 13.6. The van der Waals surface area contributed by atoms with Gasteiger partial charge in [0.25, 0.3) is 5.91 Å². The maximum Gasteiger partial charge on any atom is 0.312 e. The third-order valence-electron chi connectivity index (χ3n) is 3.79. The molecule has 0 saturated heterocycles. The van der Waals surface area contributed by atoms with Crippen LogP contribution in [0.1, 0.15) is 31.0 Å². The standard InChI is InChI=1S/C18H20N2O3S/c1-2-12-3-5-13(6-4-12)18-20-15(11-24-18)9-17(22)23-10-16(21)19-14-7-8-14/h3-6,11,14H,2,7-10H2,1H3,(H,19,21). The van der Waals surface area contributed by atoms with E-state index in [2.05, 4.69) is 29.4 Å². The van der Waals surface area contributed by atoms with Gasteiger partial charge in [0.1, 0.15) is 5.01 Å². The molecule has 1 fully saturated rings. The fraction of sp³-hybridized carbons (Fsp3) is 0.389. The van der Waals surface area contributed by atoms with Crippen LogP contribution in [0.15, 0.2) is 29.6 Å². The number of amides is 1. The lowest BCUT2D eigenvalue weighted by molar-refractivity contribution is -0.147. The molecule has 6 heteroatoms. The van der Waals surface area contributed by atoms with E-state index in [1.54, 1.807) is 0 Å². The summed E-state index contributed by atoms with van der Waals surface area (Å²) in [5.41, 5.74) is 2.99.